The maximum atomic E-state index is 12.8. The molecule has 3 rings (SSSR count). The minimum absolute atomic E-state index is 0.168. The van der Waals surface area contributed by atoms with Gasteiger partial charge in [0.15, 0.2) is 8.32 Å². The van der Waals surface area contributed by atoms with E-state index in [-0.39, 0.29) is 11.6 Å². The summed E-state index contributed by atoms with van der Waals surface area (Å²) in [6.07, 6.45) is 1.19. The van der Waals surface area contributed by atoms with Gasteiger partial charge in [-0.25, -0.2) is 9.67 Å². The number of nitrogens with zero attached hydrogens (tertiary/aromatic N) is 5. The van der Waals surface area contributed by atoms with Crippen molar-refractivity contribution in [2.45, 2.75) is 76.6 Å². The van der Waals surface area contributed by atoms with Crippen LogP contribution in [0, 0.1) is 0 Å². The average molecular weight is 534 g/mol. The summed E-state index contributed by atoms with van der Waals surface area (Å²) in [6.45, 7) is 15.4. The highest BCUT2D eigenvalue weighted by molar-refractivity contribution is 7.87. The van der Waals surface area contributed by atoms with E-state index in [4.69, 9.17) is 4.43 Å². The van der Waals surface area contributed by atoms with Gasteiger partial charge in [-0.2, -0.15) is 26.6 Å². The predicted molar refractivity (Wildman–Crippen MR) is 128 cm³/mol. The first kappa shape index (κ1) is 27.3. The summed E-state index contributed by atoms with van der Waals surface area (Å²) in [5.41, 5.74) is -3.44. The van der Waals surface area contributed by atoms with Crippen LogP contribution >= 0.6 is 0 Å². The molecule has 0 aliphatic rings. The molecule has 0 amide bonds. The average Bonchev–Trinajstić information content (AvgIpc) is 3.17. The highest BCUT2D eigenvalue weighted by Gasteiger charge is 2.49. The zero-order chi connectivity index (χ0) is 26.3. The van der Waals surface area contributed by atoms with Crippen molar-refractivity contribution in [2.75, 3.05) is 6.61 Å². The molecule has 2 aromatic heterocycles. The number of rotatable bonds is 9. The molecule has 0 radical (unpaired) electrons. The molecule has 0 aliphatic heterocycles. The smallest absolute Gasteiger partial charge is 0.414 e. The summed E-state index contributed by atoms with van der Waals surface area (Å²) in [7, 11) is -8.07. The second-order valence-corrected chi connectivity index (χ2v) is 16.5. The standard InChI is InChI=1S/C21H30F3N5O4SSi/c1-12(2)35(13(3)4,14(5)6)32-11-15(7)29-19-17(27-28-29)9-8-16-10-25-20(26-18(16)19)33-34(30,31)21(22,23)24/h8-10,12-15H,11H2,1-7H3/t15-/m0/s1. The molecule has 14 heteroatoms. The van der Waals surface area contributed by atoms with Crippen LogP contribution in [0.2, 0.25) is 16.6 Å². The lowest BCUT2D eigenvalue weighted by Gasteiger charge is -2.42. The normalized spacial score (nSPS) is 14.5. The number of aromatic nitrogens is 5. The first-order valence-electron chi connectivity index (χ1n) is 11.3. The van der Waals surface area contributed by atoms with E-state index in [0.717, 1.165) is 0 Å². The summed E-state index contributed by atoms with van der Waals surface area (Å²) in [5.74, 6) is 0. The highest BCUT2D eigenvalue weighted by Crippen LogP contribution is 2.42. The van der Waals surface area contributed by atoms with Crippen LogP contribution in [0.3, 0.4) is 0 Å². The molecule has 0 unspecified atom stereocenters. The van der Waals surface area contributed by atoms with E-state index in [1.807, 2.05) is 6.92 Å². The maximum Gasteiger partial charge on any atom is 0.534 e. The first-order valence-corrected chi connectivity index (χ1v) is 14.8. The molecule has 0 N–H and O–H groups in total. The Morgan fingerprint density at radius 3 is 2.17 bits per heavy atom. The monoisotopic (exact) mass is 533 g/mol. The fourth-order valence-electron chi connectivity index (χ4n) is 4.83. The third-order valence-corrected chi connectivity index (χ3v) is 13.3. The molecule has 0 saturated heterocycles. The molecule has 2 heterocycles. The van der Waals surface area contributed by atoms with E-state index < -0.39 is 30.0 Å². The van der Waals surface area contributed by atoms with E-state index in [0.29, 0.717) is 39.7 Å². The number of halogens is 3. The van der Waals surface area contributed by atoms with Crippen LogP contribution in [0.5, 0.6) is 6.01 Å². The van der Waals surface area contributed by atoms with Gasteiger partial charge < -0.3 is 8.61 Å². The molecule has 1 aromatic carbocycles. The van der Waals surface area contributed by atoms with Gasteiger partial charge in [-0.05, 0) is 35.7 Å². The predicted octanol–water partition coefficient (Wildman–Crippen LogP) is 5.36. The van der Waals surface area contributed by atoms with Gasteiger partial charge in [0.2, 0.25) is 0 Å². The first-order chi connectivity index (χ1) is 16.1. The molecule has 0 aliphatic carbocycles. The van der Waals surface area contributed by atoms with Crippen LogP contribution in [0.25, 0.3) is 21.9 Å². The molecule has 0 fully saturated rings. The van der Waals surface area contributed by atoms with Crippen molar-refractivity contribution < 1.29 is 30.2 Å². The summed E-state index contributed by atoms with van der Waals surface area (Å²) in [5, 5.41) is 8.84. The molecule has 0 bridgehead atoms. The van der Waals surface area contributed by atoms with Crippen molar-refractivity contribution >= 4 is 40.4 Å². The Kier molecular flexibility index (Phi) is 7.49. The summed E-state index contributed by atoms with van der Waals surface area (Å²) < 4.78 is 73.5. The van der Waals surface area contributed by atoms with Crippen molar-refractivity contribution in [3.8, 4) is 6.01 Å². The van der Waals surface area contributed by atoms with Gasteiger partial charge in [-0.1, -0.05) is 46.8 Å². The van der Waals surface area contributed by atoms with E-state index in [1.54, 1.807) is 16.8 Å². The van der Waals surface area contributed by atoms with Crippen LogP contribution in [0.15, 0.2) is 18.3 Å². The van der Waals surface area contributed by atoms with Crippen molar-refractivity contribution in [3.05, 3.63) is 18.3 Å². The Labute approximate surface area is 203 Å². The van der Waals surface area contributed by atoms with Gasteiger partial charge in [0.05, 0.1) is 12.6 Å². The second kappa shape index (κ2) is 9.62. The maximum absolute atomic E-state index is 12.8. The van der Waals surface area contributed by atoms with Crippen LogP contribution in [-0.4, -0.2) is 53.8 Å². The second-order valence-electron chi connectivity index (χ2n) is 9.52. The molecule has 0 saturated carbocycles. The molecule has 9 nitrogen and oxygen atoms in total. The van der Waals surface area contributed by atoms with Gasteiger partial charge in [0.25, 0.3) is 0 Å². The molecule has 194 valence electrons. The Morgan fingerprint density at radius 2 is 1.63 bits per heavy atom. The van der Waals surface area contributed by atoms with E-state index in [1.165, 1.54) is 6.20 Å². The minimum Gasteiger partial charge on any atom is -0.414 e. The molecule has 0 spiro atoms. The van der Waals surface area contributed by atoms with E-state index in [9.17, 15) is 21.6 Å². The molecule has 35 heavy (non-hydrogen) atoms. The molecule has 3 aromatic rings. The van der Waals surface area contributed by atoms with Gasteiger partial charge in [0, 0.05) is 11.6 Å². The lowest BCUT2D eigenvalue weighted by atomic mass is 10.2. The summed E-state index contributed by atoms with van der Waals surface area (Å²) >= 11 is 0. The van der Waals surface area contributed by atoms with Crippen molar-refractivity contribution in [1.29, 1.82) is 0 Å². The van der Waals surface area contributed by atoms with Gasteiger partial charge >= 0.3 is 21.6 Å². The third-order valence-electron chi connectivity index (χ3n) is 6.33. The lowest BCUT2D eigenvalue weighted by Crippen LogP contribution is -2.48. The molecular formula is C21H30F3N5O4SSi. The Bertz CT molecular complexity index is 1290. The summed E-state index contributed by atoms with van der Waals surface area (Å²) in [6, 6.07) is 2.08. The fourth-order valence-corrected chi connectivity index (χ4v) is 10.7. The fraction of sp³-hybridized carbons (Fsp3) is 0.619. The van der Waals surface area contributed by atoms with Crippen molar-refractivity contribution in [1.82, 2.24) is 25.0 Å². The Hall–Kier alpha value is -2.32. The SMILES string of the molecule is CC(C)[Si](OC[C@H](C)n1nnc2ccc3cnc(OS(=O)(=O)C(F)(F)F)nc3c21)(C(C)C)C(C)C. The number of fused-ring (bicyclic) bond motifs is 3. The van der Waals surface area contributed by atoms with Gasteiger partial charge in [-0.15, -0.1) is 5.10 Å². The number of hydrogen-bond acceptors (Lipinski definition) is 8. The zero-order valence-electron chi connectivity index (χ0n) is 20.7. The minimum atomic E-state index is -5.91. The number of hydrogen-bond donors (Lipinski definition) is 0. The molecular weight excluding hydrogens is 503 g/mol. The summed E-state index contributed by atoms with van der Waals surface area (Å²) in [4.78, 5) is 7.58. The topological polar surface area (TPSA) is 109 Å². The highest BCUT2D eigenvalue weighted by atomic mass is 32.2. The zero-order valence-corrected chi connectivity index (χ0v) is 22.5. The van der Waals surface area contributed by atoms with Gasteiger partial charge in [0.1, 0.15) is 16.6 Å². The van der Waals surface area contributed by atoms with Crippen LogP contribution in [0.4, 0.5) is 13.2 Å². The van der Waals surface area contributed by atoms with Crippen molar-refractivity contribution in [2.24, 2.45) is 0 Å². The molecule has 1 atom stereocenters. The lowest BCUT2D eigenvalue weighted by molar-refractivity contribution is -0.0502. The van der Waals surface area contributed by atoms with Crippen LogP contribution < -0.4 is 4.18 Å². The van der Waals surface area contributed by atoms with Crippen LogP contribution in [-0.2, 0) is 14.5 Å². The van der Waals surface area contributed by atoms with E-state index >= 15 is 0 Å². The van der Waals surface area contributed by atoms with Crippen LogP contribution in [0.1, 0.15) is 54.5 Å². The van der Waals surface area contributed by atoms with E-state index in [2.05, 4.69) is 66.0 Å². The quantitative estimate of drug-likeness (QED) is 0.206. The Morgan fingerprint density at radius 1 is 1.03 bits per heavy atom. The Balaban J connectivity index is 2.02. The van der Waals surface area contributed by atoms with Gasteiger partial charge in [-0.3, -0.25) is 0 Å². The largest absolute Gasteiger partial charge is 0.534 e. The number of alkyl halides is 3. The number of benzene rings is 1. The third kappa shape index (κ3) is 5.00. The van der Waals surface area contributed by atoms with Crippen molar-refractivity contribution in [3.63, 3.8) is 0 Å².